The fourth-order valence-corrected chi connectivity index (χ4v) is 3.55. The SMILES string of the molecule is COC(c1ccc(N2CCC[S+]2[O-])cc1)C(N)CF. The Bertz CT molecular complexity index is 404. The molecule has 1 aromatic carbocycles. The molecule has 0 saturated carbocycles. The molecular weight excluding hydrogens is 267 g/mol. The third kappa shape index (κ3) is 3.20. The van der Waals surface area contributed by atoms with Crippen molar-refractivity contribution in [3.05, 3.63) is 29.8 Å². The molecule has 1 saturated heterocycles. The van der Waals surface area contributed by atoms with Gasteiger partial charge in [0.25, 0.3) is 0 Å². The van der Waals surface area contributed by atoms with Crippen LogP contribution in [0.4, 0.5) is 10.1 Å². The fraction of sp³-hybridized carbons (Fsp3) is 0.538. The van der Waals surface area contributed by atoms with Crippen molar-refractivity contribution in [2.45, 2.75) is 18.6 Å². The van der Waals surface area contributed by atoms with Crippen LogP contribution in [0.1, 0.15) is 18.1 Å². The van der Waals surface area contributed by atoms with E-state index in [9.17, 15) is 8.94 Å². The first-order valence-corrected chi connectivity index (χ1v) is 7.55. The summed E-state index contributed by atoms with van der Waals surface area (Å²) in [5.74, 6) is 0.717. The Hall–Kier alpha value is -0.820. The molecule has 2 rings (SSSR count). The molecule has 4 nitrogen and oxygen atoms in total. The molecular formula is C13H19FN2O2S. The first-order chi connectivity index (χ1) is 9.17. The van der Waals surface area contributed by atoms with Gasteiger partial charge in [0.15, 0.2) is 0 Å². The Labute approximate surface area is 116 Å². The van der Waals surface area contributed by atoms with Crippen molar-refractivity contribution in [1.82, 2.24) is 0 Å². The molecule has 19 heavy (non-hydrogen) atoms. The van der Waals surface area contributed by atoms with E-state index in [1.807, 2.05) is 28.6 Å². The van der Waals surface area contributed by atoms with Crippen LogP contribution in [0.15, 0.2) is 24.3 Å². The number of hydrogen-bond acceptors (Lipinski definition) is 4. The van der Waals surface area contributed by atoms with E-state index in [0.29, 0.717) is 0 Å². The minimum absolute atomic E-state index is 0.455. The Morgan fingerprint density at radius 1 is 1.47 bits per heavy atom. The maximum absolute atomic E-state index is 12.6. The summed E-state index contributed by atoms with van der Waals surface area (Å²) in [4.78, 5) is 0. The summed E-state index contributed by atoms with van der Waals surface area (Å²) >= 11 is -0.924. The fourth-order valence-electron chi connectivity index (χ4n) is 2.26. The van der Waals surface area contributed by atoms with E-state index in [1.54, 1.807) is 0 Å². The summed E-state index contributed by atoms with van der Waals surface area (Å²) in [5.41, 5.74) is 7.44. The molecule has 1 aliphatic heterocycles. The van der Waals surface area contributed by atoms with E-state index in [0.717, 1.165) is 30.0 Å². The van der Waals surface area contributed by atoms with Crippen molar-refractivity contribution >= 4 is 17.0 Å². The average Bonchev–Trinajstić information content (AvgIpc) is 2.86. The largest absolute Gasteiger partial charge is 0.593 e. The molecule has 1 heterocycles. The lowest BCUT2D eigenvalue weighted by Gasteiger charge is -2.22. The van der Waals surface area contributed by atoms with Crippen molar-refractivity contribution in [3.8, 4) is 0 Å². The summed E-state index contributed by atoms with van der Waals surface area (Å²) in [6.45, 7) is 0.181. The second-order valence-electron chi connectivity index (χ2n) is 4.55. The van der Waals surface area contributed by atoms with Gasteiger partial charge in [0.05, 0.1) is 35.7 Å². The lowest BCUT2D eigenvalue weighted by Crippen LogP contribution is -2.31. The molecule has 3 unspecified atom stereocenters. The van der Waals surface area contributed by atoms with Gasteiger partial charge < -0.3 is 15.0 Å². The van der Waals surface area contributed by atoms with Crippen LogP contribution in [0.25, 0.3) is 0 Å². The highest BCUT2D eigenvalue weighted by atomic mass is 32.2. The van der Waals surface area contributed by atoms with E-state index in [1.165, 1.54) is 7.11 Å². The molecule has 106 valence electrons. The second kappa shape index (κ2) is 6.56. The van der Waals surface area contributed by atoms with E-state index in [2.05, 4.69) is 0 Å². The van der Waals surface area contributed by atoms with Gasteiger partial charge in [-0.3, -0.25) is 0 Å². The molecule has 0 bridgehead atoms. The number of methoxy groups -OCH3 is 1. The normalized spacial score (nSPS) is 22.5. The van der Waals surface area contributed by atoms with Crippen molar-refractivity contribution in [1.29, 1.82) is 0 Å². The van der Waals surface area contributed by atoms with Gasteiger partial charge in [-0.15, -0.1) is 0 Å². The summed E-state index contributed by atoms with van der Waals surface area (Å²) in [5, 5.41) is 0. The van der Waals surface area contributed by atoms with Crippen LogP contribution in [0.2, 0.25) is 0 Å². The van der Waals surface area contributed by atoms with Gasteiger partial charge in [-0.05, 0) is 17.7 Å². The topological polar surface area (TPSA) is 61.5 Å². The molecule has 0 aliphatic carbocycles. The highest BCUT2D eigenvalue weighted by Crippen LogP contribution is 2.27. The quantitative estimate of drug-likeness (QED) is 0.834. The van der Waals surface area contributed by atoms with Crippen LogP contribution >= 0.6 is 0 Å². The average molecular weight is 286 g/mol. The Balaban J connectivity index is 2.13. The molecule has 0 radical (unpaired) electrons. The molecule has 1 aliphatic rings. The number of nitrogens with two attached hydrogens (primary N) is 1. The van der Waals surface area contributed by atoms with Crippen LogP contribution in [0, 0.1) is 0 Å². The summed E-state index contributed by atoms with van der Waals surface area (Å²) in [6, 6.07) is 6.81. The van der Waals surface area contributed by atoms with Crippen LogP contribution < -0.4 is 10.0 Å². The number of benzene rings is 1. The van der Waals surface area contributed by atoms with Gasteiger partial charge in [0, 0.05) is 13.5 Å². The van der Waals surface area contributed by atoms with E-state index in [4.69, 9.17) is 10.5 Å². The summed E-state index contributed by atoms with van der Waals surface area (Å²) in [6.07, 6.45) is 0.491. The zero-order valence-electron chi connectivity index (χ0n) is 10.9. The van der Waals surface area contributed by atoms with Gasteiger partial charge in [0.2, 0.25) is 0 Å². The molecule has 1 fully saturated rings. The maximum Gasteiger partial charge on any atom is 0.133 e. The van der Waals surface area contributed by atoms with Crippen LogP contribution in [-0.2, 0) is 16.1 Å². The van der Waals surface area contributed by atoms with Crippen LogP contribution in [-0.4, -0.2) is 36.7 Å². The van der Waals surface area contributed by atoms with Gasteiger partial charge >= 0.3 is 0 Å². The third-order valence-corrected chi connectivity index (χ3v) is 4.78. The number of anilines is 1. The number of halogens is 1. The van der Waals surface area contributed by atoms with Gasteiger partial charge in [-0.2, -0.15) is 4.31 Å². The third-order valence-electron chi connectivity index (χ3n) is 3.26. The molecule has 0 amide bonds. The number of rotatable bonds is 5. The standard InChI is InChI=1S/C13H19FN2O2S/c1-18-13(12(15)9-14)10-3-5-11(6-4-10)16-7-2-8-19(16)17/h3-6,12-13H,2,7-9,15H2,1H3. The molecule has 2 N–H and O–H groups in total. The van der Waals surface area contributed by atoms with Crippen molar-refractivity contribution in [2.24, 2.45) is 5.73 Å². The zero-order valence-corrected chi connectivity index (χ0v) is 11.7. The summed E-state index contributed by atoms with van der Waals surface area (Å²) < 4.78 is 31.5. The Morgan fingerprint density at radius 2 is 2.16 bits per heavy atom. The second-order valence-corrected chi connectivity index (χ2v) is 6.04. The van der Waals surface area contributed by atoms with E-state index in [-0.39, 0.29) is 0 Å². The first-order valence-electron chi connectivity index (χ1n) is 6.27. The van der Waals surface area contributed by atoms with Crippen LogP contribution in [0.5, 0.6) is 0 Å². The molecule has 0 aromatic heterocycles. The highest BCUT2D eigenvalue weighted by molar-refractivity contribution is 7.93. The van der Waals surface area contributed by atoms with Crippen LogP contribution in [0.3, 0.4) is 0 Å². The van der Waals surface area contributed by atoms with Crippen molar-refractivity contribution in [2.75, 3.05) is 30.4 Å². The minimum atomic E-state index is -0.924. The number of ether oxygens (including phenoxy) is 1. The minimum Gasteiger partial charge on any atom is -0.593 e. The van der Waals surface area contributed by atoms with Crippen molar-refractivity contribution < 1.29 is 13.7 Å². The Morgan fingerprint density at radius 3 is 2.63 bits per heavy atom. The number of nitrogens with zero attached hydrogens (tertiary/aromatic N) is 1. The predicted molar refractivity (Wildman–Crippen MR) is 75.1 cm³/mol. The number of alkyl halides is 1. The predicted octanol–water partition coefficient (Wildman–Crippen LogP) is 1.54. The smallest absolute Gasteiger partial charge is 0.133 e. The van der Waals surface area contributed by atoms with Crippen molar-refractivity contribution in [3.63, 3.8) is 0 Å². The molecule has 6 heteroatoms. The van der Waals surface area contributed by atoms with Gasteiger partial charge in [-0.25, -0.2) is 4.39 Å². The highest BCUT2D eigenvalue weighted by Gasteiger charge is 2.27. The first kappa shape index (κ1) is 14.6. The Kier molecular flexibility index (Phi) is 5.04. The molecule has 3 atom stereocenters. The molecule has 1 aromatic rings. The lowest BCUT2D eigenvalue weighted by atomic mass is 10.0. The summed E-state index contributed by atoms with van der Waals surface area (Å²) in [7, 11) is 1.52. The number of hydrogen-bond donors (Lipinski definition) is 1. The lowest BCUT2D eigenvalue weighted by molar-refractivity contribution is 0.0721. The van der Waals surface area contributed by atoms with Gasteiger partial charge in [0.1, 0.15) is 12.4 Å². The zero-order chi connectivity index (χ0) is 13.8. The van der Waals surface area contributed by atoms with Gasteiger partial charge in [-0.1, -0.05) is 12.1 Å². The van der Waals surface area contributed by atoms with E-state index < -0.39 is 30.2 Å². The molecule has 0 spiro atoms. The van der Waals surface area contributed by atoms with E-state index >= 15 is 0 Å². The maximum atomic E-state index is 12.6. The monoisotopic (exact) mass is 286 g/mol.